The molecule has 24 heavy (non-hydrogen) atoms. The van der Waals surface area contributed by atoms with Gasteiger partial charge in [0.15, 0.2) is 0 Å². The van der Waals surface area contributed by atoms with Crippen LogP contribution in [0.1, 0.15) is 36.7 Å². The summed E-state index contributed by atoms with van der Waals surface area (Å²) in [7, 11) is 0. The molecular weight excluding hydrogens is 378 g/mol. The molecule has 1 unspecified atom stereocenters. The summed E-state index contributed by atoms with van der Waals surface area (Å²) in [5.41, 5.74) is 6.60. The Morgan fingerprint density at radius 2 is 1.88 bits per heavy atom. The van der Waals surface area contributed by atoms with E-state index in [9.17, 15) is 13.9 Å². The van der Waals surface area contributed by atoms with Gasteiger partial charge < -0.3 is 10.8 Å². The van der Waals surface area contributed by atoms with E-state index < -0.39 is 23.3 Å². The zero-order valence-corrected chi connectivity index (χ0v) is 14.9. The summed E-state index contributed by atoms with van der Waals surface area (Å²) in [5.74, 6) is 4.21. The summed E-state index contributed by atoms with van der Waals surface area (Å²) in [5, 5.41) is 9.61. The predicted octanol–water partition coefficient (Wildman–Crippen LogP) is 3.49. The largest absolute Gasteiger partial charge is 0.378 e. The van der Waals surface area contributed by atoms with Crippen LogP contribution < -0.4 is 5.73 Å². The molecule has 1 aromatic heterocycles. The number of hydrogen-bond donors (Lipinski definition) is 2. The van der Waals surface area contributed by atoms with Crippen molar-refractivity contribution in [1.82, 2.24) is 4.98 Å². The van der Waals surface area contributed by atoms with Crippen LogP contribution in [0.2, 0.25) is 0 Å². The van der Waals surface area contributed by atoms with Gasteiger partial charge in [-0.2, -0.15) is 0 Å². The van der Waals surface area contributed by atoms with E-state index in [2.05, 4.69) is 32.8 Å². The minimum absolute atomic E-state index is 0.308. The first-order chi connectivity index (χ1) is 11.1. The van der Waals surface area contributed by atoms with E-state index in [0.717, 1.165) is 6.07 Å². The van der Waals surface area contributed by atoms with Crippen LogP contribution >= 0.6 is 15.9 Å². The summed E-state index contributed by atoms with van der Waals surface area (Å²) in [4.78, 5) is 4.29. The zero-order chi connectivity index (χ0) is 17.9. The lowest BCUT2D eigenvalue weighted by molar-refractivity contribution is 0.143. The number of benzene rings is 1. The Balaban J connectivity index is 2.19. The Morgan fingerprint density at radius 1 is 1.25 bits per heavy atom. The fourth-order valence-electron chi connectivity index (χ4n) is 2.03. The average molecular weight is 395 g/mol. The van der Waals surface area contributed by atoms with Crippen LogP contribution in [-0.4, -0.2) is 15.7 Å². The maximum Gasteiger partial charge on any atom is 0.126 e. The van der Waals surface area contributed by atoms with Crippen molar-refractivity contribution in [3.63, 3.8) is 0 Å². The molecule has 0 radical (unpaired) electrons. The molecule has 0 fully saturated rings. The Bertz CT molecular complexity index is 787. The minimum Gasteiger partial charge on any atom is -0.378 e. The summed E-state index contributed by atoms with van der Waals surface area (Å²) < 4.78 is 27.3. The van der Waals surface area contributed by atoms with Crippen LogP contribution in [-0.2, 0) is 6.42 Å². The van der Waals surface area contributed by atoms with Crippen molar-refractivity contribution in [1.29, 1.82) is 0 Å². The number of nitrogens with zero attached hydrogens (tertiary/aromatic N) is 1. The highest BCUT2D eigenvalue weighted by Gasteiger charge is 2.13. The molecule has 2 aromatic rings. The summed E-state index contributed by atoms with van der Waals surface area (Å²) in [6, 6.07) is 4.41. The second-order valence-electron chi connectivity index (χ2n) is 5.97. The van der Waals surface area contributed by atoms with E-state index in [4.69, 9.17) is 5.73 Å². The average Bonchev–Trinajstić information content (AvgIpc) is 2.45. The van der Waals surface area contributed by atoms with Crippen molar-refractivity contribution in [2.24, 2.45) is 5.73 Å². The van der Waals surface area contributed by atoms with Gasteiger partial charge >= 0.3 is 0 Å². The molecule has 6 heteroatoms. The van der Waals surface area contributed by atoms with E-state index in [0.29, 0.717) is 27.7 Å². The number of aromatic nitrogens is 1. The lowest BCUT2D eigenvalue weighted by Gasteiger charge is -2.13. The molecule has 3 N–H and O–H groups in total. The van der Waals surface area contributed by atoms with Crippen molar-refractivity contribution in [2.45, 2.75) is 31.9 Å². The van der Waals surface area contributed by atoms with Gasteiger partial charge in [-0.3, -0.25) is 4.98 Å². The molecule has 1 atom stereocenters. The highest BCUT2D eigenvalue weighted by Crippen LogP contribution is 2.23. The van der Waals surface area contributed by atoms with Gasteiger partial charge in [0.1, 0.15) is 17.2 Å². The standard InChI is InChI=1S/C18H17BrF2N2O/c1-18(2,24)4-3-11-5-15(19)17(23-10-11)9-16(22)12-6-13(20)8-14(21)7-12/h5-8,10,16,24H,9,22H2,1-2H3. The first kappa shape index (κ1) is 18.5. The van der Waals surface area contributed by atoms with Crippen molar-refractivity contribution >= 4 is 15.9 Å². The predicted molar refractivity (Wildman–Crippen MR) is 92.1 cm³/mol. The molecule has 0 spiro atoms. The van der Waals surface area contributed by atoms with Gasteiger partial charge in [-0.1, -0.05) is 11.8 Å². The molecule has 0 saturated heterocycles. The molecular formula is C18H17BrF2N2O. The number of hydrogen-bond acceptors (Lipinski definition) is 3. The van der Waals surface area contributed by atoms with Gasteiger partial charge in [-0.15, -0.1) is 0 Å². The lowest BCUT2D eigenvalue weighted by atomic mass is 10.0. The van der Waals surface area contributed by atoms with Crippen LogP contribution in [0.4, 0.5) is 8.78 Å². The number of nitrogens with two attached hydrogens (primary N) is 1. The molecule has 2 rings (SSSR count). The van der Waals surface area contributed by atoms with Crippen LogP contribution in [0.15, 0.2) is 34.9 Å². The lowest BCUT2D eigenvalue weighted by Crippen LogP contribution is -2.15. The van der Waals surface area contributed by atoms with Gasteiger partial charge in [0.2, 0.25) is 0 Å². The molecule has 0 amide bonds. The van der Waals surface area contributed by atoms with Crippen molar-refractivity contribution in [2.75, 3.05) is 0 Å². The fraction of sp³-hybridized carbons (Fsp3) is 0.278. The first-order valence-corrected chi connectivity index (χ1v) is 8.05. The van der Waals surface area contributed by atoms with Gasteiger partial charge in [-0.05, 0) is 53.5 Å². The first-order valence-electron chi connectivity index (χ1n) is 7.25. The molecule has 3 nitrogen and oxygen atoms in total. The smallest absolute Gasteiger partial charge is 0.126 e. The molecule has 126 valence electrons. The van der Waals surface area contributed by atoms with E-state index in [-0.39, 0.29) is 0 Å². The highest BCUT2D eigenvalue weighted by molar-refractivity contribution is 9.10. The number of rotatable bonds is 3. The topological polar surface area (TPSA) is 59.1 Å². The molecule has 1 aromatic carbocycles. The molecule has 0 aliphatic rings. The summed E-state index contributed by atoms with van der Waals surface area (Å²) in [6.07, 6.45) is 1.88. The van der Waals surface area contributed by atoms with Gasteiger partial charge in [-0.25, -0.2) is 8.78 Å². The third-order valence-electron chi connectivity index (χ3n) is 3.16. The summed E-state index contributed by atoms with van der Waals surface area (Å²) in [6.45, 7) is 3.18. The Hall–Kier alpha value is -1.81. The van der Waals surface area contributed by atoms with Crippen LogP contribution in [0, 0.1) is 23.5 Å². The molecule has 0 aliphatic heterocycles. The second-order valence-corrected chi connectivity index (χ2v) is 6.83. The summed E-state index contributed by atoms with van der Waals surface area (Å²) >= 11 is 3.40. The van der Waals surface area contributed by atoms with E-state index in [1.165, 1.54) is 12.1 Å². The Kier molecular flexibility index (Phi) is 5.70. The van der Waals surface area contributed by atoms with E-state index >= 15 is 0 Å². The molecule has 1 heterocycles. The van der Waals surface area contributed by atoms with Gasteiger partial charge in [0, 0.05) is 34.8 Å². The number of aliphatic hydroxyl groups is 1. The fourth-order valence-corrected chi connectivity index (χ4v) is 2.54. The number of pyridine rings is 1. The van der Waals surface area contributed by atoms with E-state index in [1.807, 2.05) is 0 Å². The van der Waals surface area contributed by atoms with Gasteiger partial charge in [0.05, 0.1) is 5.69 Å². The Morgan fingerprint density at radius 3 is 2.42 bits per heavy atom. The molecule has 0 bridgehead atoms. The molecule has 0 aliphatic carbocycles. The normalized spacial score (nSPS) is 12.5. The Labute approximate surface area is 148 Å². The quantitative estimate of drug-likeness (QED) is 0.783. The van der Waals surface area contributed by atoms with Crippen molar-refractivity contribution in [3.8, 4) is 11.8 Å². The monoisotopic (exact) mass is 394 g/mol. The van der Waals surface area contributed by atoms with Crippen molar-refractivity contribution < 1.29 is 13.9 Å². The maximum atomic E-state index is 13.3. The highest BCUT2D eigenvalue weighted by atomic mass is 79.9. The van der Waals surface area contributed by atoms with Crippen molar-refractivity contribution in [3.05, 3.63) is 63.4 Å². The minimum atomic E-state index is -1.09. The van der Waals surface area contributed by atoms with Crippen LogP contribution in [0.3, 0.4) is 0 Å². The molecule has 0 saturated carbocycles. The SMILES string of the molecule is CC(C)(O)C#Cc1cnc(CC(N)c2cc(F)cc(F)c2)c(Br)c1. The second kappa shape index (κ2) is 7.39. The van der Waals surface area contributed by atoms with Crippen LogP contribution in [0.25, 0.3) is 0 Å². The third kappa shape index (κ3) is 5.38. The van der Waals surface area contributed by atoms with E-state index in [1.54, 1.807) is 26.1 Å². The zero-order valence-electron chi connectivity index (χ0n) is 13.3. The maximum absolute atomic E-state index is 13.3. The number of halogens is 3. The van der Waals surface area contributed by atoms with Gasteiger partial charge in [0.25, 0.3) is 0 Å². The third-order valence-corrected chi connectivity index (χ3v) is 3.84. The van der Waals surface area contributed by atoms with Crippen LogP contribution in [0.5, 0.6) is 0 Å².